The molecule has 1 amide bonds. The lowest BCUT2D eigenvalue weighted by Crippen LogP contribution is -2.39. The second-order valence-electron chi connectivity index (χ2n) is 5.72. The highest BCUT2D eigenvalue weighted by molar-refractivity contribution is 5.78. The molecule has 1 aliphatic heterocycles. The average molecular weight is 254 g/mol. The summed E-state index contributed by atoms with van der Waals surface area (Å²) < 4.78 is 0. The van der Waals surface area contributed by atoms with Gasteiger partial charge in [0.2, 0.25) is 5.91 Å². The number of rotatable bonds is 7. The number of carbonyl (C=O) groups excluding carboxylic acids is 1. The molecule has 1 rings (SSSR count). The fourth-order valence-electron chi connectivity index (χ4n) is 2.72. The Labute approximate surface area is 112 Å². The number of piperidine rings is 1. The van der Waals surface area contributed by atoms with Crippen LogP contribution in [-0.4, -0.2) is 36.5 Å². The van der Waals surface area contributed by atoms with E-state index in [1.54, 1.807) is 0 Å². The number of hydrogen-bond donors (Lipinski definition) is 1. The normalized spacial score (nSPS) is 22.7. The van der Waals surface area contributed by atoms with E-state index in [9.17, 15) is 4.79 Å². The van der Waals surface area contributed by atoms with Gasteiger partial charge in [-0.3, -0.25) is 4.79 Å². The third-order valence-corrected chi connectivity index (χ3v) is 4.03. The van der Waals surface area contributed by atoms with Gasteiger partial charge in [-0.15, -0.1) is 0 Å². The SMILES string of the molecule is CCCC(C)C(=O)NCCCN1CCCCC1C. The van der Waals surface area contributed by atoms with E-state index < -0.39 is 0 Å². The summed E-state index contributed by atoms with van der Waals surface area (Å²) in [6.07, 6.45) is 7.21. The Hall–Kier alpha value is -0.570. The summed E-state index contributed by atoms with van der Waals surface area (Å²) in [4.78, 5) is 14.3. The molecule has 1 aliphatic rings. The van der Waals surface area contributed by atoms with Crippen LogP contribution in [0.1, 0.15) is 59.3 Å². The number of amides is 1. The van der Waals surface area contributed by atoms with Gasteiger partial charge in [-0.1, -0.05) is 26.7 Å². The van der Waals surface area contributed by atoms with Gasteiger partial charge < -0.3 is 10.2 Å². The topological polar surface area (TPSA) is 32.3 Å². The zero-order valence-electron chi connectivity index (χ0n) is 12.4. The van der Waals surface area contributed by atoms with Crippen molar-refractivity contribution in [2.24, 2.45) is 5.92 Å². The van der Waals surface area contributed by atoms with Crippen molar-refractivity contribution in [2.75, 3.05) is 19.6 Å². The zero-order chi connectivity index (χ0) is 13.4. The molecule has 1 heterocycles. The van der Waals surface area contributed by atoms with E-state index in [-0.39, 0.29) is 11.8 Å². The molecule has 0 aromatic carbocycles. The van der Waals surface area contributed by atoms with Gasteiger partial charge in [-0.05, 0) is 39.2 Å². The molecule has 106 valence electrons. The van der Waals surface area contributed by atoms with Crippen molar-refractivity contribution in [3.8, 4) is 0 Å². The summed E-state index contributed by atoms with van der Waals surface area (Å²) in [6.45, 7) is 9.66. The van der Waals surface area contributed by atoms with Gasteiger partial charge >= 0.3 is 0 Å². The van der Waals surface area contributed by atoms with Gasteiger partial charge in [-0.25, -0.2) is 0 Å². The molecular formula is C15H30N2O. The van der Waals surface area contributed by atoms with Crippen LogP contribution in [0.25, 0.3) is 0 Å². The van der Waals surface area contributed by atoms with E-state index in [4.69, 9.17) is 0 Å². The molecule has 3 heteroatoms. The number of likely N-dealkylation sites (tertiary alicyclic amines) is 1. The predicted molar refractivity (Wildman–Crippen MR) is 76.6 cm³/mol. The van der Waals surface area contributed by atoms with Crippen LogP contribution >= 0.6 is 0 Å². The Bertz CT molecular complexity index is 243. The van der Waals surface area contributed by atoms with Crippen LogP contribution < -0.4 is 5.32 Å². The number of nitrogens with one attached hydrogen (secondary N) is 1. The molecule has 1 saturated heterocycles. The first-order chi connectivity index (χ1) is 8.65. The second kappa shape index (κ2) is 8.52. The molecule has 18 heavy (non-hydrogen) atoms. The van der Waals surface area contributed by atoms with Crippen LogP contribution in [0.3, 0.4) is 0 Å². The molecule has 0 aliphatic carbocycles. The first-order valence-electron chi connectivity index (χ1n) is 7.67. The third kappa shape index (κ3) is 5.38. The molecule has 0 saturated carbocycles. The van der Waals surface area contributed by atoms with Gasteiger partial charge in [0.05, 0.1) is 0 Å². The highest BCUT2D eigenvalue weighted by Gasteiger charge is 2.17. The van der Waals surface area contributed by atoms with Crippen LogP contribution in [0, 0.1) is 5.92 Å². The highest BCUT2D eigenvalue weighted by atomic mass is 16.1. The Morgan fingerprint density at radius 3 is 2.89 bits per heavy atom. The van der Waals surface area contributed by atoms with Gasteiger partial charge in [0.25, 0.3) is 0 Å². The zero-order valence-corrected chi connectivity index (χ0v) is 12.4. The van der Waals surface area contributed by atoms with Crippen molar-refractivity contribution in [1.29, 1.82) is 0 Å². The largest absolute Gasteiger partial charge is 0.356 e. The van der Waals surface area contributed by atoms with E-state index in [0.717, 1.165) is 38.4 Å². The minimum absolute atomic E-state index is 0.170. The molecular weight excluding hydrogens is 224 g/mol. The Morgan fingerprint density at radius 2 is 2.22 bits per heavy atom. The lowest BCUT2D eigenvalue weighted by molar-refractivity contribution is -0.124. The maximum atomic E-state index is 11.7. The molecule has 0 radical (unpaired) electrons. The van der Waals surface area contributed by atoms with E-state index in [1.165, 1.54) is 25.8 Å². The number of nitrogens with zero attached hydrogens (tertiary/aromatic N) is 1. The predicted octanol–water partition coefficient (Wildman–Crippen LogP) is 2.80. The molecule has 0 bridgehead atoms. The highest BCUT2D eigenvalue weighted by Crippen LogP contribution is 2.16. The van der Waals surface area contributed by atoms with E-state index in [2.05, 4.69) is 24.1 Å². The quantitative estimate of drug-likeness (QED) is 0.709. The third-order valence-electron chi connectivity index (χ3n) is 4.03. The smallest absolute Gasteiger partial charge is 0.222 e. The fraction of sp³-hybridized carbons (Fsp3) is 0.933. The van der Waals surface area contributed by atoms with Crippen molar-refractivity contribution >= 4 is 5.91 Å². The summed E-state index contributed by atoms with van der Waals surface area (Å²) >= 11 is 0. The van der Waals surface area contributed by atoms with Crippen molar-refractivity contribution < 1.29 is 4.79 Å². The molecule has 3 nitrogen and oxygen atoms in total. The summed E-state index contributed by atoms with van der Waals surface area (Å²) in [5, 5.41) is 3.06. The second-order valence-corrected chi connectivity index (χ2v) is 5.72. The Kier molecular flexibility index (Phi) is 7.33. The van der Waals surface area contributed by atoms with Crippen molar-refractivity contribution in [3.63, 3.8) is 0 Å². The van der Waals surface area contributed by atoms with Crippen LogP contribution in [0.15, 0.2) is 0 Å². The first kappa shape index (κ1) is 15.5. The summed E-state index contributed by atoms with van der Waals surface area (Å²) in [5.41, 5.74) is 0. The summed E-state index contributed by atoms with van der Waals surface area (Å²) in [5.74, 6) is 0.396. The maximum absolute atomic E-state index is 11.7. The summed E-state index contributed by atoms with van der Waals surface area (Å²) in [7, 11) is 0. The van der Waals surface area contributed by atoms with Crippen LogP contribution in [0.5, 0.6) is 0 Å². The summed E-state index contributed by atoms with van der Waals surface area (Å²) in [6, 6.07) is 0.730. The number of hydrogen-bond acceptors (Lipinski definition) is 2. The molecule has 2 atom stereocenters. The van der Waals surface area contributed by atoms with Crippen molar-refractivity contribution in [2.45, 2.75) is 65.3 Å². The minimum Gasteiger partial charge on any atom is -0.356 e. The van der Waals surface area contributed by atoms with E-state index >= 15 is 0 Å². The van der Waals surface area contributed by atoms with Crippen molar-refractivity contribution in [1.82, 2.24) is 10.2 Å². The Balaban J connectivity index is 2.08. The lowest BCUT2D eigenvalue weighted by atomic mass is 10.0. The molecule has 2 unspecified atom stereocenters. The maximum Gasteiger partial charge on any atom is 0.222 e. The molecule has 1 fully saturated rings. The molecule has 0 aromatic rings. The molecule has 1 N–H and O–H groups in total. The van der Waals surface area contributed by atoms with Gasteiger partial charge in [0.1, 0.15) is 0 Å². The monoisotopic (exact) mass is 254 g/mol. The first-order valence-corrected chi connectivity index (χ1v) is 7.67. The van der Waals surface area contributed by atoms with Crippen LogP contribution in [0.4, 0.5) is 0 Å². The fourth-order valence-corrected chi connectivity index (χ4v) is 2.72. The minimum atomic E-state index is 0.170. The van der Waals surface area contributed by atoms with Crippen LogP contribution in [0.2, 0.25) is 0 Å². The van der Waals surface area contributed by atoms with Gasteiger partial charge in [0, 0.05) is 25.0 Å². The van der Waals surface area contributed by atoms with Gasteiger partial charge in [-0.2, -0.15) is 0 Å². The Morgan fingerprint density at radius 1 is 1.44 bits per heavy atom. The van der Waals surface area contributed by atoms with E-state index in [1.807, 2.05) is 6.92 Å². The molecule has 0 aromatic heterocycles. The van der Waals surface area contributed by atoms with Crippen molar-refractivity contribution in [3.05, 3.63) is 0 Å². The number of carbonyl (C=O) groups is 1. The van der Waals surface area contributed by atoms with Gasteiger partial charge in [0.15, 0.2) is 0 Å². The standard InChI is InChI=1S/C15H30N2O/c1-4-8-13(2)15(18)16-10-7-12-17-11-6-5-9-14(17)3/h13-14H,4-12H2,1-3H3,(H,16,18). The van der Waals surface area contributed by atoms with E-state index in [0.29, 0.717) is 0 Å². The van der Waals surface area contributed by atoms with Crippen LogP contribution in [-0.2, 0) is 4.79 Å². The molecule has 0 spiro atoms. The average Bonchev–Trinajstić information content (AvgIpc) is 2.36. The lowest BCUT2D eigenvalue weighted by Gasteiger charge is -2.33.